The Labute approximate surface area is 55.1 Å². The van der Waals surface area contributed by atoms with E-state index in [1.165, 1.54) is 0 Å². The number of rotatable bonds is 3. The second-order valence-corrected chi connectivity index (χ2v) is 1.73. The predicted octanol–water partition coefficient (Wildman–Crippen LogP) is 1.28. The monoisotopic (exact) mass is 124 g/mol. The third kappa shape index (κ3) is 1.90. The van der Waals surface area contributed by atoms with Crippen molar-refractivity contribution in [3.8, 4) is 0 Å². The van der Waals surface area contributed by atoms with Gasteiger partial charge in [0.05, 0.1) is 6.20 Å². The lowest BCUT2D eigenvalue weighted by atomic mass is 10.7. The van der Waals surface area contributed by atoms with Gasteiger partial charge in [0.15, 0.2) is 0 Å². The molecule has 1 rings (SSSR count). The number of nitrogens with zero attached hydrogens (tertiary/aromatic N) is 1. The first-order valence-corrected chi connectivity index (χ1v) is 3.04. The lowest BCUT2D eigenvalue weighted by molar-refractivity contribution is 0.0876. The molecule has 2 nitrogen and oxygen atoms in total. The molecule has 0 fully saturated rings. The molecule has 1 aromatic heterocycles. The molecule has 0 aliphatic heterocycles. The SMILES string of the molecule is CCOCn1[c]ccc1. The Morgan fingerprint density at radius 1 is 1.67 bits per heavy atom. The Kier molecular flexibility index (Phi) is 2.33. The highest BCUT2D eigenvalue weighted by atomic mass is 16.5. The minimum absolute atomic E-state index is 0.615. The van der Waals surface area contributed by atoms with Crippen LogP contribution >= 0.6 is 0 Å². The fourth-order valence-electron chi connectivity index (χ4n) is 0.599. The summed E-state index contributed by atoms with van der Waals surface area (Å²) in [5.41, 5.74) is 0. The molecule has 49 valence electrons. The van der Waals surface area contributed by atoms with Gasteiger partial charge in [0.1, 0.15) is 6.73 Å². The summed E-state index contributed by atoms with van der Waals surface area (Å²) in [5, 5.41) is 0. The van der Waals surface area contributed by atoms with Crippen molar-refractivity contribution in [1.29, 1.82) is 0 Å². The Hall–Kier alpha value is -0.760. The highest BCUT2D eigenvalue weighted by Crippen LogP contribution is 1.88. The molecule has 0 N–H and O–H groups in total. The first-order valence-electron chi connectivity index (χ1n) is 3.04. The Morgan fingerprint density at radius 2 is 2.56 bits per heavy atom. The maximum Gasteiger partial charge on any atom is 0.122 e. The van der Waals surface area contributed by atoms with Crippen molar-refractivity contribution in [2.45, 2.75) is 13.7 Å². The third-order valence-electron chi connectivity index (χ3n) is 1.04. The van der Waals surface area contributed by atoms with Crippen LogP contribution in [-0.4, -0.2) is 11.2 Å². The van der Waals surface area contributed by atoms with Crippen LogP contribution in [0.5, 0.6) is 0 Å². The molecule has 1 heterocycles. The molecule has 0 bridgehead atoms. The number of ether oxygens (including phenoxy) is 1. The second-order valence-electron chi connectivity index (χ2n) is 1.73. The molecule has 0 spiro atoms. The second kappa shape index (κ2) is 3.30. The van der Waals surface area contributed by atoms with Crippen LogP contribution in [0.3, 0.4) is 0 Å². The van der Waals surface area contributed by atoms with E-state index >= 15 is 0 Å². The van der Waals surface area contributed by atoms with Crippen LogP contribution in [0, 0.1) is 6.20 Å². The molecule has 1 aromatic rings. The minimum Gasteiger partial charge on any atom is -0.361 e. The highest BCUT2D eigenvalue weighted by molar-refractivity contribution is 4.87. The number of aromatic nitrogens is 1. The van der Waals surface area contributed by atoms with E-state index in [2.05, 4.69) is 6.20 Å². The van der Waals surface area contributed by atoms with Crippen molar-refractivity contribution >= 4 is 0 Å². The average molecular weight is 124 g/mol. The smallest absolute Gasteiger partial charge is 0.122 e. The van der Waals surface area contributed by atoms with Crippen LogP contribution in [0.1, 0.15) is 6.92 Å². The number of hydrogen-bond acceptors (Lipinski definition) is 1. The molecule has 1 radical (unpaired) electrons. The van der Waals surface area contributed by atoms with Gasteiger partial charge in [-0.3, -0.25) is 0 Å². The van der Waals surface area contributed by atoms with Crippen molar-refractivity contribution in [1.82, 2.24) is 4.57 Å². The van der Waals surface area contributed by atoms with Gasteiger partial charge < -0.3 is 9.30 Å². The van der Waals surface area contributed by atoms with E-state index in [4.69, 9.17) is 4.74 Å². The van der Waals surface area contributed by atoms with Gasteiger partial charge in [-0.05, 0) is 19.1 Å². The summed E-state index contributed by atoms with van der Waals surface area (Å²) in [6.07, 6.45) is 4.89. The summed E-state index contributed by atoms with van der Waals surface area (Å²) in [4.78, 5) is 0. The molecule has 0 aliphatic carbocycles. The number of hydrogen-bond donors (Lipinski definition) is 0. The predicted molar refractivity (Wildman–Crippen MR) is 34.9 cm³/mol. The summed E-state index contributed by atoms with van der Waals surface area (Å²) in [5.74, 6) is 0. The van der Waals surface area contributed by atoms with E-state index in [9.17, 15) is 0 Å². The first-order chi connectivity index (χ1) is 4.43. The normalized spacial score (nSPS) is 9.89. The van der Waals surface area contributed by atoms with Gasteiger partial charge in [0.2, 0.25) is 0 Å². The van der Waals surface area contributed by atoms with Crippen molar-refractivity contribution in [3.05, 3.63) is 24.5 Å². The van der Waals surface area contributed by atoms with Crippen LogP contribution in [0.25, 0.3) is 0 Å². The van der Waals surface area contributed by atoms with Gasteiger partial charge in [-0.15, -0.1) is 0 Å². The van der Waals surface area contributed by atoms with Gasteiger partial charge >= 0.3 is 0 Å². The first kappa shape index (κ1) is 6.36. The molecule has 0 unspecified atom stereocenters. The van der Waals surface area contributed by atoms with E-state index in [1.54, 1.807) is 0 Å². The molecule has 2 heteroatoms. The van der Waals surface area contributed by atoms with E-state index < -0.39 is 0 Å². The van der Waals surface area contributed by atoms with Crippen LogP contribution in [0.15, 0.2) is 18.3 Å². The summed E-state index contributed by atoms with van der Waals surface area (Å²) in [7, 11) is 0. The van der Waals surface area contributed by atoms with Crippen LogP contribution in [-0.2, 0) is 11.5 Å². The van der Waals surface area contributed by atoms with Crippen molar-refractivity contribution in [2.75, 3.05) is 6.61 Å². The Bertz CT molecular complexity index is 146. The molecular formula is C7H10NO. The summed E-state index contributed by atoms with van der Waals surface area (Å²) in [6, 6.07) is 3.79. The van der Waals surface area contributed by atoms with E-state index in [0.717, 1.165) is 6.61 Å². The molecule has 0 amide bonds. The van der Waals surface area contributed by atoms with Gasteiger partial charge in [0, 0.05) is 12.8 Å². The quantitative estimate of drug-likeness (QED) is 0.592. The van der Waals surface area contributed by atoms with Gasteiger partial charge in [-0.1, -0.05) is 0 Å². The fraction of sp³-hybridized carbons (Fsp3) is 0.429. The van der Waals surface area contributed by atoms with E-state index in [-0.39, 0.29) is 0 Å². The Balaban J connectivity index is 2.30. The lowest BCUT2D eigenvalue weighted by Gasteiger charge is -1.99. The standard InChI is InChI=1S/C7H10NO/c1-2-9-7-8-5-3-4-6-8/h3-5H,2,7H2,1H3. The Morgan fingerprint density at radius 3 is 3.11 bits per heavy atom. The van der Waals surface area contributed by atoms with Gasteiger partial charge in [-0.2, -0.15) is 0 Å². The molecule has 0 atom stereocenters. The topological polar surface area (TPSA) is 14.2 Å². The molecule has 9 heavy (non-hydrogen) atoms. The fourth-order valence-corrected chi connectivity index (χ4v) is 0.599. The molecule has 0 aromatic carbocycles. The summed E-state index contributed by atoms with van der Waals surface area (Å²) < 4.78 is 6.97. The molecule has 0 saturated heterocycles. The highest BCUT2D eigenvalue weighted by Gasteiger charge is 1.84. The van der Waals surface area contributed by atoms with E-state index in [0.29, 0.717) is 6.73 Å². The lowest BCUT2D eigenvalue weighted by Crippen LogP contribution is -1.98. The van der Waals surface area contributed by atoms with E-state index in [1.807, 2.05) is 29.8 Å². The maximum absolute atomic E-state index is 5.11. The van der Waals surface area contributed by atoms with Gasteiger partial charge in [0.25, 0.3) is 0 Å². The van der Waals surface area contributed by atoms with Crippen molar-refractivity contribution in [3.63, 3.8) is 0 Å². The zero-order chi connectivity index (χ0) is 6.53. The third-order valence-corrected chi connectivity index (χ3v) is 1.04. The van der Waals surface area contributed by atoms with Gasteiger partial charge in [-0.25, -0.2) is 0 Å². The van der Waals surface area contributed by atoms with Crippen LogP contribution in [0.4, 0.5) is 0 Å². The maximum atomic E-state index is 5.11. The molecule has 0 saturated carbocycles. The molecule has 0 aliphatic rings. The zero-order valence-electron chi connectivity index (χ0n) is 5.50. The van der Waals surface area contributed by atoms with Crippen molar-refractivity contribution in [2.24, 2.45) is 0 Å². The molecular weight excluding hydrogens is 114 g/mol. The van der Waals surface area contributed by atoms with Crippen LogP contribution < -0.4 is 0 Å². The zero-order valence-corrected chi connectivity index (χ0v) is 5.50. The summed E-state index contributed by atoms with van der Waals surface area (Å²) >= 11 is 0. The summed E-state index contributed by atoms with van der Waals surface area (Å²) in [6.45, 7) is 3.35. The minimum atomic E-state index is 0.615. The van der Waals surface area contributed by atoms with Crippen molar-refractivity contribution < 1.29 is 4.74 Å². The largest absolute Gasteiger partial charge is 0.361 e. The van der Waals surface area contributed by atoms with Crippen LogP contribution in [0.2, 0.25) is 0 Å². The average Bonchev–Trinajstić information content (AvgIpc) is 2.34.